The molecule has 0 saturated carbocycles. The summed E-state index contributed by atoms with van der Waals surface area (Å²) in [4.78, 5) is 39.6. The summed E-state index contributed by atoms with van der Waals surface area (Å²) in [7, 11) is 1.36. The van der Waals surface area contributed by atoms with Crippen molar-refractivity contribution < 1.29 is 49.0 Å². The molecule has 2 aromatic carbocycles. The maximum absolute atomic E-state index is 13.6. The number of phenols is 2. The quantitative estimate of drug-likeness (QED) is 0.372. The lowest BCUT2D eigenvalue weighted by atomic mass is 9.73. The van der Waals surface area contributed by atoms with Gasteiger partial charge in [-0.15, -0.1) is 0 Å². The Kier molecular flexibility index (Phi) is 6.53. The van der Waals surface area contributed by atoms with E-state index in [1.54, 1.807) is 13.0 Å². The molecule has 1 saturated heterocycles. The first-order valence-corrected chi connectivity index (χ1v) is 12.2. The third-order valence-electron chi connectivity index (χ3n) is 7.57. The summed E-state index contributed by atoms with van der Waals surface area (Å²) in [5.41, 5.74) is -0.482. The number of ether oxygens (including phenoxy) is 3. The summed E-state index contributed by atoms with van der Waals surface area (Å²) >= 11 is 0. The van der Waals surface area contributed by atoms with E-state index in [2.05, 4.69) is 0 Å². The number of hydrogen-bond acceptors (Lipinski definition) is 10. The van der Waals surface area contributed by atoms with Crippen LogP contribution in [0.3, 0.4) is 0 Å². The number of carbonyl (C=O) groups excluding carboxylic acids is 3. The minimum atomic E-state index is -0.991. The second-order valence-electron chi connectivity index (χ2n) is 9.68. The van der Waals surface area contributed by atoms with Crippen molar-refractivity contribution in [2.24, 2.45) is 5.92 Å². The van der Waals surface area contributed by atoms with Crippen LogP contribution in [0.15, 0.2) is 18.2 Å². The number of benzene rings is 2. The van der Waals surface area contributed by atoms with E-state index in [-0.39, 0.29) is 52.0 Å². The smallest absolute Gasteiger partial charge is 0.202 e. The normalized spacial score (nSPS) is 26.8. The molecule has 5 rings (SSSR count). The minimum absolute atomic E-state index is 0.0165. The summed E-state index contributed by atoms with van der Waals surface area (Å²) in [6.45, 7) is 0.972. The number of ketones is 3. The van der Waals surface area contributed by atoms with E-state index >= 15 is 0 Å². The van der Waals surface area contributed by atoms with E-state index in [9.17, 15) is 34.8 Å². The van der Waals surface area contributed by atoms with Crippen molar-refractivity contribution in [2.45, 2.75) is 57.2 Å². The summed E-state index contributed by atoms with van der Waals surface area (Å²) < 4.78 is 17.2. The molecule has 2 aliphatic carbocycles. The first-order chi connectivity index (χ1) is 17.7. The molecule has 1 unspecified atom stereocenters. The Hall–Kier alpha value is -3.31. The van der Waals surface area contributed by atoms with Crippen molar-refractivity contribution in [3.8, 4) is 17.2 Å². The fourth-order valence-electron chi connectivity index (χ4n) is 5.60. The molecule has 0 amide bonds. The predicted octanol–water partition coefficient (Wildman–Crippen LogP) is 1.95. The average Bonchev–Trinajstić information content (AvgIpc) is 2.90. The predicted molar refractivity (Wildman–Crippen MR) is 127 cm³/mol. The van der Waals surface area contributed by atoms with Crippen molar-refractivity contribution in [2.75, 3.05) is 13.7 Å². The third-order valence-corrected chi connectivity index (χ3v) is 7.57. The lowest BCUT2D eigenvalue weighted by molar-refractivity contribution is -0.239. The van der Waals surface area contributed by atoms with E-state index in [4.69, 9.17) is 14.2 Å². The zero-order valence-electron chi connectivity index (χ0n) is 20.4. The van der Waals surface area contributed by atoms with Crippen LogP contribution in [0.5, 0.6) is 17.2 Å². The molecule has 0 radical (unpaired) electrons. The van der Waals surface area contributed by atoms with Gasteiger partial charge in [0.05, 0.1) is 42.1 Å². The lowest BCUT2D eigenvalue weighted by Crippen LogP contribution is -2.39. The van der Waals surface area contributed by atoms with Gasteiger partial charge >= 0.3 is 0 Å². The van der Waals surface area contributed by atoms with Crippen LogP contribution in [0.1, 0.15) is 75.3 Å². The van der Waals surface area contributed by atoms with Crippen molar-refractivity contribution in [3.63, 3.8) is 0 Å². The molecular formula is C27H28O10. The second-order valence-corrected chi connectivity index (χ2v) is 9.68. The maximum atomic E-state index is 13.6. The van der Waals surface area contributed by atoms with Gasteiger partial charge < -0.3 is 34.6 Å². The Bertz CT molecular complexity index is 1300. The first kappa shape index (κ1) is 25.3. The standard InChI is InChI=1S/C27H28O10/c1-11-15(29)6-7-19(36-11)37-18-9-12(16(30)10-28)8-14-21(18)27(34)23-22(25(14)32)24(31)13-4-3-5-17(35-2)20(13)26(23)33/h3-5,11-12,15,18-19,28-29,32,34H,6-10H2,1-2H3/t11-,12+,15+,18?,19-/m0/s1. The number of aromatic hydroxyl groups is 2. The molecule has 1 fully saturated rings. The monoisotopic (exact) mass is 512 g/mol. The topological polar surface area (TPSA) is 160 Å². The van der Waals surface area contributed by atoms with Gasteiger partial charge in [0, 0.05) is 29.0 Å². The van der Waals surface area contributed by atoms with Gasteiger partial charge in [0.15, 0.2) is 17.9 Å². The Balaban J connectivity index is 1.66. The summed E-state index contributed by atoms with van der Waals surface area (Å²) in [5, 5.41) is 42.2. The number of carbonyl (C=O) groups is 3. The first-order valence-electron chi connectivity index (χ1n) is 12.2. The fourth-order valence-corrected chi connectivity index (χ4v) is 5.60. The van der Waals surface area contributed by atoms with Gasteiger partial charge in [-0.2, -0.15) is 0 Å². The average molecular weight is 513 g/mol. The Morgan fingerprint density at radius 2 is 1.81 bits per heavy atom. The van der Waals surface area contributed by atoms with Crippen LogP contribution in [0.25, 0.3) is 0 Å². The molecule has 5 atom stereocenters. The fraction of sp³-hybridized carbons (Fsp3) is 0.444. The maximum Gasteiger partial charge on any atom is 0.202 e. The number of aliphatic hydroxyl groups is 2. The lowest BCUT2D eigenvalue weighted by Gasteiger charge is -2.38. The van der Waals surface area contributed by atoms with E-state index in [1.807, 2.05) is 0 Å². The molecule has 10 heteroatoms. The molecule has 196 valence electrons. The SMILES string of the molecule is COc1cccc2c1C(=O)c1c(O)c3c(c(O)c1C2=O)C[C@@H](C(=O)CO)CC3O[C@H]1CC[C@@H](O)[C@H](C)O1. The number of Topliss-reactive ketones (excluding diaryl/α,β-unsaturated/α-hetero) is 1. The van der Waals surface area contributed by atoms with Gasteiger partial charge in [-0.3, -0.25) is 14.4 Å². The molecule has 3 aliphatic rings. The number of hydrogen-bond donors (Lipinski definition) is 4. The van der Waals surface area contributed by atoms with Crippen LogP contribution in [0.2, 0.25) is 0 Å². The van der Waals surface area contributed by atoms with E-state index in [0.717, 1.165) is 0 Å². The van der Waals surface area contributed by atoms with Gasteiger partial charge in [0.2, 0.25) is 5.78 Å². The zero-order valence-corrected chi connectivity index (χ0v) is 20.4. The highest BCUT2D eigenvalue weighted by atomic mass is 16.7. The Morgan fingerprint density at radius 3 is 2.49 bits per heavy atom. The van der Waals surface area contributed by atoms with Gasteiger partial charge in [-0.25, -0.2) is 0 Å². The van der Waals surface area contributed by atoms with Crippen molar-refractivity contribution in [1.29, 1.82) is 0 Å². The molecule has 1 heterocycles. The molecule has 37 heavy (non-hydrogen) atoms. The van der Waals surface area contributed by atoms with E-state index in [1.165, 1.54) is 19.2 Å². The summed E-state index contributed by atoms with van der Waals surface area (Å²) in [6, 6.07) is 4.51. The number of aliphatic hydroxyl groups excluding tert-OH is 2. The number of phenolic OH excluding ortho intramolecular Hbond substituents is 2. The van der Waals surface area contributed by atoms with Gasteiger partial charge in [-0.05, 0) is 32.3 Å². The molecular weight excluding hydrogens is 484 g/mol. The highest BCUT2D eigenvalue weighted by Gasteiger charge is 2.44. The van der Waals surface area contributed by atoms with Crippen molar-refractivity contribution in [1.82, 2.24) is 0 Å². The van der Waals surface area contributed by atoms with Crippen LogP contribution in [0, 0.1) is 5.92 Å². The van der Waals surface area contributed by atoms with Gasteiger partial charge in [0.1, 0.15) is 23.9 Å². The van der Waals surface area contributed by atoms with Crippen LogP contribution < -0.4 is 4.74 Å². The highest BCUT2D eigenvalue weighted by Crippen LogP contribution is 2.51. The van der Waals surface area contributed by atoms with Crippen LogP contribution in [0.4, 0.5) is 0 Å². The Morgan fingerprint density at radius 1 is 1.08 bits per heavy atom. The molecule has 0 bridgehead atoms. The van der Waals surface area contributed by atoms with Gasteiger partial charge in [0.25, 0.3) is 0 Å². The molecule has 4 N–H and O–H groups in total. The number of fused-ring (bicyclic) bond motifs is 3. The second kappa shape index (κ2) is 9.53. The minimum Gasteiger partial charge on any atom is -0.507 e. The van der Waals surface area contributed by atoms with E-state index < -0.39 is 66.0 Å². The van der Waals surface area contributed by atoms with Crippen LogP contribution in [-0.4, -0.2) is 70.0 Å². The summed E-state index contributed by atoms with van der Waals surface area (Å²) in [5.74, 6) is -3.46. The molecule has 0 spiro atoms. The van der Waals surface area contributed by atoms with Gasteiger partial charge in [-0.1, -0.05) is 12.1 Å². The van der Waals surface area contributed by atoms with Crippen molar-refractivity contribution in [3.05, 3.63) is 51.6 Å². The summed E-state index contributed by atoms with van der Waals surface area (Å²) in [6.07, 6.45) is -2.20. The number of rotatable bonds is 5. The van der Waals surface area contributed by atoms with Crippen LogP contribution in [-0.2, 0) is 20.7 Å². The third kappa shape index (κ3) is 4.00. The largest absolute Gasteiger partial charge is 0.507 e. The van der Waals surface area contributed by atoms with E-state index in [0.29, 0.717) is 12.8 Å². The molecule has 2 aromatic rings. The van der Waals surface area contributed by atoms with Crippen LogP contribution >= 0.6 is 0 Å². The Labute approximate surface area is 212 Å². The number of methoxy groups -OCH3 is 1. The molecule has 10 nitrogen and oxygen atoms in total. The zero-order chi connectivity index (χ0) is 26.6. The van der Waals surface area contributed by atoms with Crippen molar-refractivity contribution >= 4 is 17.3 Å². The molecule has 1 aliphatic heterocycles. The highest BCUT2D eigenvalue weighted by molar-refractivity contribution is 6.31. The molecule has 0 aromatic heterocycles.